The number of carboxylic acids is 1. The fourth-order valence-electron chi connectivity index (χ4n) is 3.12. The molecule has 0 aliphatic heterocycles. The molecule has 7 heteroatoms. The van der Waals surface area contributed by atoms with E-state index in [-0.39, 0.29) is 18.8 Å². The molecule has 2 N–H and O–H groups in total. The van der Waals surface area contributed by atoms with Crippen molar-refractivity contribution in [3.8, 4) is 5.75 Å². The summed E-state index contributed by atoms with van der Waals surface area (Å²) in [7, 11) is 0. The van der Waals surface area contributed by atoms with Crippen molar-refractivity contribution >= 4 is 43.5 Å². The molecule has 28 heavy (non-hydrogen) atoms. The van der Waals surface area contributed by atoms with Gasteiger partial charge in [0.05, 0.1) is 14.6 Å². The van der Waals surface area contributed by atoms with Crippen LogP contribution in [0.25, 0.3) is 0 Å². The third-order valence-corrected chi connectivity index (χ3v) is 5.99. The van der Waals surface area contributed by atoms with E-state index in [9.17, 15) is 9.18 Å². The second-order valence-corrected chi connectivity index (χ2v) is 8.84. The fourth-order valence-corrected chi connectivity index (χ4v) is 4.63. The summed E-state index contributed by atoms with van der Waals surface area (Å²) in [4.78, 5) is 10.8. The van der Waals surface area contributed by atoms with Gasteiger partial charge in [-0.3, -0.25) is 4.79 Å². The Hall–Kier alpha value is -1.60. The highest BCUT2D eigenvalue weighted by Gasteiger charge is 2.20. The molecule has 0 atom stereocenters. The predicted octanol–water partition coefficient (Wildman–Crippen LogP) is 6.22. The van der Waals surface area contributed by atoms with Gasteiger partial charge in [-0.05, 0) is 99.9 Å². The van der Waals surface area contributed by atoms with Gasteiger partial charge in [0.1, 0.15) is 12.4 Å². The quantitative estimate of drug-likeness (QED) is 0.439. The number of nitrogens with one attached hydrogen (secondary N) is 1. The Balaban J connectivity index is 1.73. The van der Waals surface area contributed by atoms with Crippen LogP contribution in [0.4, 0.5) is 10.1 Å². The molecule has 0 radical (unpaired) electrons. The first-order valence-corrected chi connectivity index (χ1v) is 10.8. The second-order valence-electron chi connectivity index (χ2n) is 7.13. The zero-order valence-electron chi connectivity index (χ0n) is 15.5. The number of hydrogen-bond donors (Lipinski definition) is 2. The first kappa shape index (κ1) is 21.1. The lowest BCUT2D eigenvalue weighted by molar-refractivity contribution is -0.136. The molecule has 3 rings (SSSR count). The van der Waals surface area contributed by atoms with E-state index in [0.717, 1.165) is 24.0 Å². The van der Waals surface area contributed by atoms with Crippen LogP contribution < -0.4 is 10.1 Å². The molecular weight excluding hydrogens is 493 g/mol. The van der Waals surface area contributed by atoms with Crippen LogP contribution in [0.1, 0.15) is 42.4 Å². The van der Waals surface area contributed by atoms with E-state index in [1.807, 2.05) is 25.1 Å². The standard InChI is InChI=1S/C21H22Br2FNO3/c1-12-7-14(20(24)18(8-12)25-15-3-2-4-15)11-28-21-16(22)9-13(10-17(21)23)5-6-19(26)27/h7-10,15,25H,2-6,11H2,1H3,(H,26,27). The van der Waals surface area contributed by atoms with Gasteiger partial charge in [0.2, 0.25) is 0 Å². The second kappa shape index (κ2) is 9.27. The molecule has 0 amide bonds. The highest BCUT2D eigenvalue weighted by atomic mass is 79.9. The molecule has 1 fully saturated rings. The van der Waals surface area contributed by atoms with Crippen molar-refractivity contribution in [3.63, 3.8) is 0 Å². The van der Waals surface area contributed by atoms with E-state index < -0.39 is 5.97 Å². The lowest BCUT2D eigenvalue weighted by Crippen LogP contribution is -2.27. The van der Waals surface area contributed by atoms with Gasteiger partial charge in [-0.25, -0.2) is 4.39 Å². The largest absolute Gasteiger partial charge is 0.486 e. The molecule has 150 valence electrons. The Morgan fingerprint density at radius 3 is 2.50 bits per heavy atom. The van der Waals surface area contributed by atoms with Crippen molar-refractivity contribution in [2.75, 3.05) is 5.32 Å². The minimum atomic E-state index is -0.839. The zero-order chi connectivity index (χ0) is 20.3. The summed E-state index contributed by atoms with van der Waals surface area (Å²) in [6.07, 6.45) is 3.83. The summed E-state index contributed by atoms with van der Waals surface area (Å²) in [5, 5.41) is 12.1. The third-order valence-electron chi connectivity index (χ3n) is 4.81. The highest BCUT2D eigenvalue weighted by molar-refractivity contribution is 9.11. The molecular formula is C21H22Br2FNO3. The van der Waals surface area contributed by atoms with Gasteiger partial charge in [-0.15, -0.1) is 0 Å². The van der Waals surface area contributed by atoms with Gasteiger partial charge in [-0.2, -0.15) is 0 Å². The van der Waals surface area contributed by atoms with Crippen LogP contribution in [0.5, 0.6) is 5.75 Å². The molecule has 4 nitrogen and oxygen atoms in total. The minimum Gasteiger partial charge on any atom is -0.486 e. The summed E-state index contributed by atoms with van der Waals surface area (Å²) in [6.45, 7) is 2.04. The number of aryl methyl sites for hydroxylation is 2. The molecule has 0 unspecified atom stereocenters. The number of hydrogen-bond acceptors (Lipinski definition) is 3. The Morgan fingerprint density at radius 1 is 1.25 bits per heavy atom. The molecule has 0 saturated heterocycles. The predicted molar refractivity (Wildman–Crippen MR) is 115 cm³/mol. The van der Waals surface area contributed by atoms with Crippen LogP contribution in [0.15, 0.2) is 33.2 Å². The van der Waals surface area contributed by atoms with Gasteiger partial charge in [-0.1, -0.05) is 0 Å². The third kappa shape index (κ3) is 5.26. The van der Waals surface area contributed by atoms with Gasteiger partial charge in [0.25, 0.3) is 0 Å². The van der Waals surface area contributed by atoms with E-state index >= 15 is 0 Å². The number of halogens is 3. The van der Waals surface area contributed by atoms with E-state index in [2.05, 4.69) is 37.2 Å². The topological polar surface area (TPSA) is 58.6 Å². The van der Waals surface area contributed by atoms with E-state index in [4.69, 9.17) is 9.84 Å². The molecule has 2 aromatic carbocycles. The molecule has 0 bridgehead atoms. The number of carboxylic acid groups (broad SMARTS) is 1. The van der Waals surface area contributed by atoms with Crippen molar-refractivity contribution in [1.82, 2.24) is 0 Å². The first-order valence-electron chi connectivity index (χ1n) is 9.21. The van der Waals surface area contributed by atoms with Crippen LogP contribution in [-0.4, -0.2) is 17.1 Å². The normalized spacial score (nSPS) is 13.9. The maximum absolute atomic E-state index is 14.9. The van der Waals surface area contributed by atoms with E-state index in [1.165, 1.54) is 6.42 Å². The summed E-state index contributed by atoms with van der Waals surface area (Å²) >= 11 is 6.93. The van der Waals surface area contributed by atoms with Gasteiger partial charge in [0.15, 0.2) is 5.82 Å². The zero-order valence-corrected chi connectivity index (χ0v) is 18.7. The van der Waals surface area contributed by atoms with Gasteiger partial charge < -0.3 is 15.2 Å². The van der Waals surface area contributed by atoms with Crippen molar-refractivity contribution in [1.29, 1.82) is 0 Å². The Bertz CT molecular complexity index is 861. The first-order chi connectivity index (χ1) is 13.3. The van der Waals surface area contributed by atoms with Gasteiger partial charge >= 0.3 is 5.97 Å². The number of anilines is 1. The maximum Gasteiger partial charge on any atom is 0.303 e. The molecule has 0 spiro atoms. The molecule has 0 aromatic heterocycles. The Morgan fingerprint density at radius 2 is 1.93 bits per heavy atom. The number of benzene rings is 2. The van der Waals surface area contributed by atoms with Crippen LogP contribution in [0.3, 0.4) is 0 Å². The molecule has 1 saturated carbocycles. The van der Waals surface area contributed by atoms with Crippen LogP contribution in [0, 0.1) is 12.7 Å². The van der Waals surface area contributed by atoms with Crippen molar-refractivity contribution < 1.29 is 19.0 Å². The number of rotatable bonds is 8. The van der Waals surface area contributed by atoms with Crippen molar-refractivity contribution in [2.24, 2.45) is 0 Å². The molecule has 1 aliphatic rings. The lowest BCUT2D eigenvalue weighted by Gasteiger charge is -2.28. The van der Waals surface area contributed by atoms with Crippen LogP contribution in [0.2, 0.25) is 0 Å². The molecule has 2 aromatic rings. The van der Waals surface area contributed by atoms with Crippen LogP contribution in [-0.2, 0) is 17.8 Å². The highest BCUT2D eigenvalue weighted by Crippen LogP contribution is 2.36. The molecule has 0 heterocycles. The smallest absolute Gasteiger partial charge is 0.303 e. The maximum atomic E-state index is 14.9. The summed E-state index contributed by atoms with van der Waals surface area (Å²) in [5.41, 5.74) is 2.88. The average Bonchev–Trinajstić information content (AvgIpc) is 2.58. The average molecular weight is 515 g/mol. The van der Waals surface area contributed by atoms with Crippen molar-refractivity contribution in [3.05, 3.63) is 55.7 Å². The number of ether oxygens (including phenoxy) is 1. The van der Waals surface area contributed by atoms with Gasteiger partial charge in [0, 0.05) is 18.0 Å². The Kier molecular flexibility index (Phi) is 6.99. The number of aliphatic carboxylic acids is 1. The summed E-state index contributed by atoms with van der Waals surface area (Å²) < 4.78 is 22.2. The van der Waals surface area contributed by atoms with E-state index in [0.29, 0.717) is 38.4 Å². The molecule has 1 aliphatic carbocycles. The lowest BCUT2D eigenvalue weighted by atomic mass is 9.92. The van der Waals surface area contributed by atoms with Crippen LogP contribution >= 0.6 is 31.9 Å². The summed E-state index contributed by atoms with van der Waals surface area (Å²) in [5.74, 6) is -0.551. The monoisotopic (exact) mass is 513 g/mol. The fraction of sp³-hybridized carbons (Fsp3) is 0.381. The summed E-state index contributed by atoms with van der Waals surface area (Å²) in [6, 6.07) is 7.65. The van der Waals surface area contributed by atoms with E-state index in [1.54, 1.807) is 6.07 Å². The minimum absolute atomic E-state index is 0.0599. The van der Waals surface area contributed by atoms with Crippen molar-refractivity contribution in [2.45, 2.75) is 51.7 Å². The SMILES string of the molecule is Cc1cc(COc2c(Br)cc(CCC(=O)O)cc2Br)c(F)c(NC2CCC2)c1. The Labute approximate surface area is 180 Å². The number of carbonyl (C=O) groups is 1.